The van der Waals surface area contributed by atoms with Crippen molar-refractivity contribution in [1.29, 1.82) is 0 Å². The predicted molar refractivity (Wildman–Crippen MR) is 73.8 cm³/mol. The molecule has 110 valence electrons. The predicted octanol–water partition coefficient (Wildman–Crippen LogP) is 1.96. The number of rotatable bonds is 5. The lowest BCUT2D eigenvalue weighted by Gasteiger charge is -2.40. The highest BCUT2D eigenvalue weighted by molar-refractivity contribution is 5.78. The van der Waals surface area contributed by atoms with Gasteiger partial charge in [0.05, 0.1) is 6.10 Å². The van der Waals surface area contributed by atoms with E-state index < -0.39 is 0 Å². The minimum Gasteiger partial charge on any atom is -0.393 e. The molecule has 1 saturated carbocycles. The van der Waals surface area contributed by atoms with Gasteiger partial charge in [-0.05, 0) is 38.5 Å². The van der Waals surface area contributed by atoms with Crippen molar-refractivity contribution in [3.63, 3.8) is 0 Å². The molecule has 0 spiro atoms. The number of hydrogen-bond acceptors (Lipinski definition) is 3. The third-order valence-corrected chi connectivity index (χ3v) is 4.47. The largest absolute Gasteiger partial charge is 0.393 e. The summed E-state index contributed by atoms with van der Waals surface area (Å²) in [4.78, 5) is 14.3. The van der Waals surface area contributed by atoms with Gasteiger partial charge < -0.3 is 14.7 Å². The van der Waals surface area contributed by atoms with Crippen LogP contribution in [0.15, 0.2) is 0 Å². The van der Waals surface area contributed by atoms with Crippen molar-refractivity contribution < 1.29 is 14.6 Å². The van der Waals surface area contributed by atoms with Gasteiger partial charge in [-0.3, -0.25) is 4.79 Å². The van der Waals surface area contributed by atoms with Crippen LogP contribution in [0.2, 0.25) is 0 Å². The van der Waals surface area contributed by atoms with E-state index in [4.69, 9.17) is 4.74 Å². The third kappa shape index (κ3) is 3.69. The summed E-state index contributed by atoms with van der Waals surface area (Å²) in [7, 11) is 0. The number of nitrogens with zero attached hydrogens (tertiary/aromatic N) is 1. The Morgan fingerprint density at radius 2 is 2.11 bits per heavy atom. The number of carbonyl (C=O) groups excluding carboxylic acids is 1. The van der Waals surface area contributed by atoms with Crippen molar-refractivity contribution in [1.82, 2.24) is 4.90 Å². The summed E-state index contributed by atoms with van der Waals surface area (Å²) < 4.78 is 5.38. The maximum absolute atomic E-state index is 12.3. The molecule has 19 heavy (non-hydrogen) atoms. The fraction of sp³-hybridized carbons (Fsp3) is 0.933. The van der Waals surface area contributed by atoms with Crippen molar-refractivity contribution in [3.8, 4) is 0 Å². The molecule has 1 N–H and O–H groups in total. The Bertz CT molecular complexity index is 295. The van der Waals surface area contributed by atoms with E-state index in [1.54, 1.807) is 0 Å². The summed E-state index contributed by atoms with van der Waals surface area (Å²) >= 11 is 0. The first-order chi connectivity index (χ1) is 9.24. The SMILES string of the molecule is CCCOCC(=O)N1CCCCC1C1CCCC1O. The molecule has 1 saturated heterocycles. The molecule has 1 aliphatic carbocycles. The average Bonchev–Trinajstić information content (AvgIpc) is 2.85. The smallest absolute Gasteiger partial charge is 0.248 e. The van der Waals surface area contributed by atoms with Gasteiger partial charge >= 0.3 is 0 Å². The molecule has 0 aromatic heterocycles. The number of ether oxygens (including phenoxy) is 1. The number of amides is 1. The van der Waals surface area contributed by atoms with Crippen LogP contribution in [-0.2, 0) is 9.53 Å². The summed E-state index contributed by atoms with van der Waals surface area (Å²) in [6, 6.07) is 0.240. The highest BCUT2D eigenvalue weighted by Gasteiger charge is 2.38. The molecule has 1 heterocycles. The van der Waals surface area contributed by atoms with Gasteiger partial charge in [0.1, 0.15) is 6.61 Å². The second kappa shape index (κ2) is 7.25. The Morgan fingerprint density at radius 3 is 2.79 bits per heavy atom. The van der Waals surface area contributed by atoms with Crippen LogP contribution in [0.4, 0.5) is 0 Å². The zero-order valence-electron chi connectivity index (χ0n) is 12.0. The lowest BCUT2D eigenvalue weighted by molar-refractivity contribution is -0.142. The Kier molecular flexibility index (Phi) is 5.64. The first-order valence-electron chi connectivity index (χ1n) is 7.79. The lowest BCUT2D eigenvalue weighted by Crippen LogP contribution is -2.50. The van der Waals surface area contributed by atoms with E-state index in [9.17, 15) is 9.90 Å². The van der Waals surface area contributed by atoms with Crippen molar-refractivity contribution in [3.05, 3.63) is 0 Å². The molecule has 2 fully saturated rings. The van der Waals surface area contributed by atoms with Crippen LogP contribution in [0, 0.1) is 5.92 Å². The molecule has 2 rings (SSSR count). The molecule has 4 nitrogen and oxygen atoms in total. The second-order valence-corrected chi connectivity index (χ2v) is 5.86. The molecule has 0 aromatic rings. The standard InChI is InChI=1S/C15H27NO3/c1-2-10-19-11-15(18)16-9-4-3-7-13(16)12-6-5-8-14(12)17/h12-14,17H,2-11H2,1H3. The van der Waals surface area contributed by atoms with Gasteiger partial charge in [0.15, 0.2) is 0 Å². The van der Waals surface area contributed by atoms with Crippen LogP contribution in [0.5, 0.6) is 0 Å². The van der Waals surface area contributed by atoms with E-state index >= 15 is 0 Å². The molecule has 1 aliphatic heterocycles. The minimum absolute atomic E-state index is 0.109. The van der Waals surface area contributed by atoms with Gasteiger partial charge in [0, 0.05) is 25.1 Å². The van der Waals surface area contributed by atoms with Gasteiger partial charge in [-0.1, -0.05) is 13.3 Å². The van der Waals surface area contributed by atoms with E-state index in [2.05, 4.69) is 0 Å². The highest BCUT2D eigenvalue weighted by Crippen LogP contribution is 2.35. The third-order valence-electron chi connectivity index (χ3n) is 4.47. The maximum Gasteiger partial charge on any atom is 0.248 e. The van der Waals surface area contributed by atoms with Crippen LogP contribution in [0.25, 0.3) is 0 Å². The number of aliphatic hydroxyl groups is 1. The minimum atomic E-state index is -0.213. The number of carbonyl (C=O) groups is 1. The molecular weight excluding hydrogens is 242 g/mol. The van der Waals surface area contributed by atoms with E-state index in [0.717, 1.165) is 45.1 Å². The van der Waals surface area contributed by atoms with Gasteiger partial charge in [0.2, 0.25) is 5.91 Å². The topological polar surface area (TPSA) is 49.8 Å². The first-order valence-corrected chi connectivity index (χ1v) is 7.79. The summed E-state index contributed by atoms with van der Waals surface area (Å²) in [5.41, 5.74) is 0. The average molecular weight is 269 g/mol. The number of likely N-dealkylation sites (tertiary alicyclic amines) is 1. The van der Waals surface area contributed by atoms with E-state index in [0.29, 0.717) is 6.61 Å². The van der Waals surface area contributed by atoms with Crippen molar-refractivity contribution in [2.24, 2.45) is 5.92 Å². The number of piperidine rings is 1. The summed E-state index contributed by atoms with van der Waals surface area (Å²) in [6.07, 6.45) is 7.08. The zero-order chi connectivity index (χ0) is 13.7. The molecule has 1 amide bonds. The monoisotopic (exact) mass is 269 g/mol. The fourth-order valence-electron chi connectivity index (χ4n) is 3.52. The van der Waals surface area contributed by atoms with Gasteiger partial charge in [-0.2, -0.15) is 0 Å². The quantitative estimate of drug-likeness (QED) is 0.776. The van der Waals surface area contributed by atoms with Crippen molar-refractivity contribution in [2.45, 2.75) is 64.0 Å². The van der Waals surface area contributed by atoms with Crippen LogP contribution >= 0.6 is 0 Å². The van der Waals surface area contributed by atoms with Crippen molar-refractivity contribution >= 4 is 5.91 Å². The van der Waals surface area contributed by atoms with Gasteiger partial charge in [0.25, 0.3) is 0 Å². The van der Waals surface area contributed by atoms with Crippen LogP contribution < -0.4 is 0 Å². The molecular formula is C15H27NO3. The lowest BCUT2D eigenvalue weighted by atomic mass is 9.87. The maximum atomic E-state index is 12.3. The van der Waals surface area contributed by atoms with E-state index in [1.165, 1.54) is 6.42 Å². The van der Waals surface area contributed by atoms with Crippen LogP contribution in [-0.4, -0.2) is 47.8 Å². The van der Waals surface area contributed by atoms with Gasteiger partial charge in [-0.25, -0.2) is 0 Å². The summed E-state index contributed by atoms with van der Waals surface area (Å²) in [6.45, 7) is 3.73. The number of hydrogen-bond donors (Lipinski definition) is 1. The molecule has 0 bridgehead atoms. The number of aliphatic hydroxyl groups excluding tert-OH is 1. The van der Waals surface area contributed by atoms with E-state index in [-0.39, 0.29) is 30.6 Å². The summed E-state index contributed by atoms with van der Waals surface area (Å²) in [5.74, 6) is 0.396. The Labute approximate surface area is 116 Å². The van der Waals surface area contributed by atoms with E-state index in [1.807, 2.05) is 11.8 Å². The molecule has 3 atom stereocenters. The van der Waals surface area contributed by atoms with Crippen molar-refractivity contribution in [2.75, 3.05) is 19.8 Å². The Hall–Kier alpha value is -0.610. The first kappa shape index (κ1) is 14.8. The second-order valence-electron chi connectivity index (χ2n) is 5.86. The zero-order valence-corrected chi connectivity index (χ0v) is 12.0. The van der Waals surface area contributed by atoms with Crippen LogP contribution in [0.1, 0.15) is 51.9 Å². The van der Waals surface area contributed by atoms with Crippen LogP contribution in [0.3, 0.4) is 0 Å². The molecule has 0 aromatic carbocycles. The Balaban J connectivity index is 1.93. The molecule has 2 aliphatic rings. The highest BCUT2D eigenvalue weighted by atomic mass is 16.5. The fourth-order valence-corrected chi connectivity index (χ4v) is 3.52. The molecule has 3 unspecified atom stereocenters. The Morgan fingerprint density at radius 1 is 1.26 bits per heavy atom. The molecule has 0 radical (unpaired) electrons. The summed E-state index contributed by atoms with van der Waals surface area (Å²) in [5, 5.41) is 10.1. The molecule has 4 heteroatoms. The van der Waals surface area contributed by atoms with Gasteiger partial charge in [-0.15, -0.1) is 0 Å². The normalized spacial score (nSPS) is 31.7.